The van der Waals surface area contributed by atoms with Gasteiger partial charge in [-0.05, 0) is 25.1 Å². The second kappa shape index (κ2) is 5.74. The number of aliphatic imine (C=N–C) groups is 1. The topological polar surface area (TPSA) is 29.4 Å². The van der Waals surface area contributed by atoms with Gasteiger partial charge < -0.3 is 0 Å². The second-order valence-electron chi connectivity index (χ2n) is 4.09. The Labute approximate surface area is 110 Å². The van der Waals surface area contributed by atoms with E-state index >= 15 is 0 Å². The molecule has 2 nitrogen and oxygen atoms in total. The molecule has 0 radical (unpaired) electrons. The smallest absolute Gasteiger partial charge is 0.0630 e. The molecule has 0 fully saturated rings. The maximum Gasteiger partial charge on any atom is 0.0630 e. The van der Waals surface area contributed by atoms with Crippen molar-refractivity contribution >= 4 is 22.7 Å². The fraction of sp³-hybridized carbons (Fsp3) is 0.133. The van der Waals surface area contributed by atoms with Crippen LogP contribution in [0.25, 0.3) is 0 Å². The van der Waals surface area contributed by atoms with Crippen LogP contribution in [0.3, 0.4) is 0 Å². The van der Waals surface area contributed by atoms with Gasteiger partial charge in [-0.3, -0.25) is 9.20 Å². The van der Waals surface area contributed by atoms with Crippen molar-refractivity contribution in [1.29, 1.82) is 0 Å². The van der Waals surface area contributed by atoms with Gasteiger partial charge in [-0.25, -0.2) is 0 Å². The van der Waals surface area contributed by atoms with E-state index in [2.05, 4.69) is 4.99 Å². The lowest BCUT2D eigenvalue weighted by molar-refractivity contribution is 0.686. The van der Waals surface area contributed by atoms with Crippen molar-refractivity contribution < 1.29 is 4.21 Å². The summed E-state index contributed by atoms with van der Waals surface area (Å²) in [5.74, 6) is 0. The van der Waals surface area contributed by atoms with Gasteiger partial charge in [-0.2, -0.15) is 0 Å². The first kappa shape index (κ1) is 12.7. The van der Waals surface area contributed by atoms with E-state index in [9.17, 15) is 4.21 Å². The van der Waals surface area contributed by atoms with Crippen LogP contribution in [-0.4, -0.2) is 16.7 Å². The van der Waals surface area contributed by atoms with E-state index in [4.69, 9.17) is 0 Å². The first-order valence-corrected chi connectivity index (χ1v) is 7.26. The molecule has 0 aliphatic heterocycles. The lowest BCUT2D eigenvalue weighted by Crippen LogP contribution is -1.94. The molecule has 0 spiro atoms. The Kier molecular flexibility index (Phi) is 4.05. The molecule has 0 bridgehead atoms. The minimum absolute atomic E-state index is 0.813. The molecule has 0 N–H and O–H groups in total. The van der Waals surface area contributed by atoms with Crippen molar-refractivity contribution in [2.24, 2.45) is 4.99 Å². The summed E-state index contributed by atoms with van der Waals surface area (Å²) in [6.45, 7) is 2.04. The first-order chi connectivity index (χ1) is 8.66. The lowest BCUT2D eigenvalue weighted by atomic mass is 10.2. The lowest BCUT2D eigenvalue weighted by Gasteiger charge is -2.01. The number of aryl methyl sites for hydroxylation is 1. The minimum Gasteiger partial charge on any atom is -0.256 e. The summed E-state index contributed by atoms with van der Waals surface area (Å²) >= 11 is 0. The molecular weight excluding hydrogens is 242 g/mol. The minimum atomic E-state index is -0.993. The summed E-state index contributed by atoms with van der Waals surface area (Å²) in [7, 11) is -0.993. The molecule has 18 heavy (non-hydrogen) atoms. The van der Waals surface area contributed by atoms with Gasteiger partial charge in [0.1, 0.15) is 0 Å². The van der Waals surface area contributed by atoms with Crippen LogP contribution in [-0.2, 0) is 10.8 Å². The van der Waals surface area contributed by atoms with Crippen LogP contribution in [0.2, 0.25) is 0 Å². The Morgan fingerprint density at radius 3 is 2.39 bits per heavy atom. The van der Waals surface area contributed by atoms with Gasteiger partial charge in [-0.15, -0.1) is 0 Å². The highest BCUT2D eigenvalue weighted by atomic mass is 32.2. The molecule has 0 aliphatic rings. The summed E-state index contributed by atoms with van der Waals surface area (Å²) < 4.78 is 11.6. The van der Waals surface area contributed by atoms with Crippen molar-refractivity contribution in [1.82, 2.24) is 0 Å². The highest BCUT2D eigenvalue weighted by molar-refractivity contribution is 7.84. The van der Waals surface area contributed by atoms with Crippen LogP contribution in [0.5, 0.6) is 0 Å². The van der Waals surface area contributed by atoms with Gasteiger partial charge in [0, 0.05) is 22.9 Å². The zero-order chi connectivity index (χ0) is 13.0. The zero-order valence-electron chi connectivity index (χ0n) is 10.5. The third-order valence-electron chi connectivity index (χ3n) is 2.62. The van der Waals surface area contributed by atoms with Gasteiger partial charge in [-0.1, -0.05) is 35.9 Å². The standard InChI is InChI=1S/C15H15NOS/c1-12-7-9-14(10-8-12)16-11-13-5-3-4-6-15(13)18(2)17/h3-11H,1-2H3. The van der Waals surface area contributed by atoms with Crippen LogP contribution in [0.4, 0.5) is 5.69 Å². The van der Waals surface area contributed by atoms with Gasteiger partial charge in [0.15, 0.2) is 0 Å². The number of nitrogens with zero attached hydrogens (tertiary/aromatic N) is 1. The number of rotatable bonds is 3. The Morgan fingerprint density at radius 2 is 1.72 bits per heavy atom. The highest BCUT2D eigenvalue weighted by Crippen LogP contribution is 2.15. The van der Waals surface area contributed by atoms with Gasteiger partial charge in [0.05, 0.1) is 16.5 Å². The van der Waals surface area contributed by atoms with Gasteiger partial charge in [0.2, 0.25) is 0 Å². The maximum atomic E-state index is 11.6. The van der Waals surface area contributed by atoms with Crippen LogP contribution >= 0.6 is 0 Å². The molecule has 0 aromatic heterocycles. The van der Waals surface area contributed by atoms with E-state index in [1.807, 2.05) is 55.5 Å². The predicted molar refractivity (Wildman–Crippen MR) is 77.2 cm³/mol. The molecule has 1 atom stereocenters. The quantitative estimate of drug-likeness (QED) is 0.774. The molecule has 0 aliphatic carbocycles. The predicted octanol–water partition coefficient (Wildman–Crippen LogP) is 3.48. The molecule has 2 aromatic rings. The third-order valence-corrected chi connectivity index (χ3v) is 3.61. The number of benzene rings is 2. The SMILES string of the molecule is Cc1ccc(N=Cc2ccccc2S(C)=O)cc1. The van der Waals surface area contributed by atoms with Gasteiger partial charge in [0.25, 0.3) is 0 Å². The molecule has 1 unspecified atom stereocenters. The summed E-state index contributed by atoms with van der Waals surface area (Å²) in [6, 6.07) is 15.6. The van der Waals surface area contributed by atoms with Crippen LogP contribution in [0, 0.1) is 6.92 Å². The van der Waals surface area contributed by atoms with E-state index in [0.717, 1.165) is 16.1 Å². The second-order valence-corrected chi connectivity index (χ2v) is 5.43. The summed E-state index contributed by atoms with van der Waals surface area (Å²) in [6.07, 6.45) is 3.44. The van der Waals surface area contributed by atoms with E-state index in [1.54, 1.807) is 12.5 Å². The van der Waals surface area contributed by atoms with Crippen molar-refractivity contribution in [2.75, 3.05) is 6.26 Å². The molecule has 3 heteroatoms. The Balaban J connectivity index is 2.29. The van der Waals surface area contributed by atoms with Crippen molar-refractivity contribution in [2.45, 2.75) is 11.8 Å². The third kappa shape index (κ3) is 3.14. The Hall–Kier alpha value is -1.74. The molecule has 0 saturated carbocycles. The molecular formula is C15H15NOS. The van der Waals surface area contributed by atoms with E-state index in [0.29, 0.717) is 0 Å². The fourth-order valence-electron chi connectivity index (χ4n) is 1.62. The number of hydrogen-bond donors (Lipinski definition) is 0. The summed E-state index contributed by atoms with van der Waals surface area (Å²) in [5.41, 5.74) is 3.01. The normalized spacial score (nSPS) is 12.8. The van der Waals surface area contributed by atoms with Crippen LogP contribution < -0.4 is 0 Å². The summed E-state index contributed by atoms with van der Waals surface area (Å²) in [5, 5.41) is 0. The van der Waals surface area contributed by atoms with Crippen molar-refractivity contribution in [3.8, 4) is 0 Å². The van der Waals surface area contributed by atoms with E-state index in [-0.39, 0.29) is 0 Å². The van der Waals surface area contributed by atoms with E-state index in [1.165, 1.54) is 5.56 Å². The van der Waals surface area contributed by atoms with E-state index < -0.39 is 10.8 Å². The molecule has 2 rings (SSSR count). The average molecular weight is 257 g/mol. The molecule has 92 valence electrons. The molecule has 0 amide bonds. The number of hydrogen-bond acceptors (Lipinski definition) is 2. The molecule has 0 saturated heterocycles. The largest absolute Gasteiger partial charge is 0.256 e. The van der Waals surface area contributed by atoms with Crippen LogP contribution in [0.15, 0.2) is 58.4 Å². The highest BCUT2D eigenvalue weighted by Gasteiger charge is 2.02. The Bertz CT molecular complexity index is 588. The first-order valence-electron chi connectivity index (χ1n) is 5.70. The fourth-order valence-corrected chi connectivity index (χ4v) is 2.35. The van der Waals surface area contributed by atoms with Crippen LogP contribution in [0.1, 0.15) is 11.1 Å². The van der Waals surface area contributed by atoms with Crippen molar-refractivity contribution in [3.63, 3.8) is 0 Å². The molecule has 2 aromatic carbocycles. The van der Waals surface area contributed by atoms with Gasteiger partial charge >= 0.3 is 0 Å². The zero-order valence-corrected chi connectivity index (χ0v) is 11.3. The summed E-state index contributed by atoms with van der Waals surface area (Å²) in [4.78, 5) is 5.21. The monoisotopic (exact) mass is 257 g/mol. The molecule has 0 heterocycles. The average Bonchev–Trinajstić information content (AvgIpc) is 2.38. The Morgan fingerprint density at radius 1 is 1.06 bits per heavy atom. The van der Waals surface area contributed by atoms with Crippen molar-refractivity contribution in [3.05, 3.63) is 59.7 Å². The maximum absolute atomic E-state index is 11.6.